The van der Waals surface area contributed by atoms with Gasteiger partial charge in [0.1, 0.15) is 11.4 Å². The third kappa shape index (κ3) is 3.04. The number of rotatable bonds is 2. The minimum atomic E-state index is -0.751. The van der Waals surface area contributed by atoms with Crippen molar-refractivity contribution in [3.8, 4) is 5.75 Å². The van der Waals surface area contributed by atoms with Gasteiger partial charge in [0.15, 0.2) is 0 Å². The van der Waals surface area contributed by atoms with E-state index in [1.807, 2.05) is 4.90 Å². The van der Waals surface area contributed by atoms with Crippen LogP contribution in [0.3, 0.4) is 0 Å². The number of likely N-dealkylation sites (tertiary alicyclic amines) is 1. The molecule has 1 N–H and O–H groups in total. The molecule has 5 heteroatoms. The van der Waals surface area contributed by atoms with Gasteiger partial charge in [0.25, 0.3) is 0 Å². The van der Waals surface area contributed by atoms with Gasteiger partial charge in [-0.1, -0.05) is 12.1 Å². The SMILES string of the molecule is Cc1ccc2c(c1)OC(C)(C)[C@@H]1C[C@H]3CN(CC(=O)O)CC[C@H]3O[C@@H]21. The summed E-state index contributed by atoms with van der Waals surface area (Å²) in [5.74, 6) is 0.865. The third-order valence-corrected chi connectivity index (χ3v) is 6.09. The molecule has 1 aromatic rings. The molecule has 25 heavy (non-hydrogen) atoms. The molecule has 3 aliphatic rings. The standard InChI is InChI=1S/C20H27NO4/c1-12-4-5-14-17(8-12)25-20(2,3)15-9-13-10-21(11-18(22)23)7-6-16(13)24-19(14)15/h4-5,8,13,15-16,19H,6-7,9-11H2,1-3H3,(H,22,23)/t13-,15+,16+,19-/m0/s1. The first-order valence-corrected chi connectivity index (χ1v) is 9.22. The maximum atomic E-state index is 11.0. The molecular formula is C20H27NO4. The number of hydrogen-bond acceptors (Lipinski definition) is 4. The van der Waals surface area contributed by atoms with E-state index in [1.165, 1.54) is 11.1 Å². The van der Waals surface area contributed by atoms with Crippen molar-refractivity contribution >= 4 is 5.97 Å². The van der Waals surface area contributed by atoms with Crippen LogP contribution >= 0.6 is 0 Å². The lowest BCUT2D eigenvalue weighted by atomic mass is 9.70. The molecule has 4 atom stereocenters. The number of carbonyl (C=O) groups is 1. The lowest BCUT2D eigenvalue weighted by Gasteiger charge is -2.53. The topological polar surface area (TPSA) is 59.0 Å². The highest BCUT2D eigenvalue weighted by Crippen LogP contribution is 2.52. The zero-order valence-electron chi connectivity index (χ0n) is 15.2. The number of piperidine rings is 1. The summed E-state index contributed by atoms with van der Waals surface area (Å²) in [7, 11) is 0. The average Bonchev–Trinajstić information content (AvgIpc) is 2.52. The molecule has 0 bridgehead atoms. The molecule has 0 aromatic heterocycles. The van der Waals surface area contributed by atoms with Crippen molar-refractivity contribution in [3.63, 3.8) is 0 Å². The Morgan fingerprint density at radius 3 is 2.96 bits per heavy atom. The third-order valence-electron chi connectivity index (χ3n) is 6.09. The summed E-state index contributed by atoms with van der Waals surface area (Å²) in [5, 5.41) is 9.07. The predicted octanol–water partition coefficient (Wildman–Crippen LogP) is 3.02. The van der Waals surface area contributed by atoms with Crippen LogP contribution in [0.1, 0.15) is 43.9 Å². The fourth-order valence-electron chi connectivity index (χ4n) is 4.82. The van der Waals surface area contributed by atoms with Gasteiger partial charge in [-0.2, -0.15) is 0 Å². The molecule has 0 unspecified atom stereocenters. The lowest BCUT2D eigenvalue weighted by molar-refractivity contribution is -0.188. The Morgan fingerprint density at radius 1 is 1.40 bits per heavy atom. The van der Waals surface area contributed by atoms with E-state index in [-0.39, 0.29) is 30.3 Å². The Kier molecular flexibility index (Phi) is 4.04. The quantitative estimate of drug-likeness (QED) is 0.893. The fraction of sp³-hybridized carbons (Fsp3) is 0.650. The molecule has 3 heterocycles. The summed E-state index contributed by atoms with van der Waals surface area (Å²) in [6.07, 6.45) is 2.22. The van der Waals surface area contributed by atoms with Gasteiger partial charge in [0.05, 0.1) is 18.8 Å². The summed E-state index contributed by atoms with van der Waals surface area (Å²) in [6, 6.07) is 6.39. The van der Waals surface area contributed by atoms with Gasteiger partial charge >= 0.3 is 5.97 Å². The second-order valence-corrected chi connectivity index (χ2v) is 8.36. The number of carboxylic acid groups (broad SMARTS) is 1. The highest BCUT2D eigenvalue weighted by molar-refractivity contribution is 5.69. The highest BCUT2D eigenvalue weighted by Gasteiger charge is 2.51. The van der Waals surface area contributed by atoms with Gasteiger partial charge < -0.3 is 14.6 Å². The Balaban J connectivity index is 1.59. The van der Waals surface area contributed by atoms with Gasteiger partial charge in [-0.25, -0.2) is 0 Å². The van der Waals surface area contributed by atoms with Crippen LogP contribution in [0.5, 0.6) is 5.75 Å². The normalized spacial score (nSPS) is 33.6. The maximum absolute atomic E-state index is 11.0. The van der Waals surface area contributed by atoms with E-state index < -0.39 is 5.97 Å². The van der Waals surface area contributed by atoms with Gasteiger partial charge in [-0.3, -0.25) is 9.69 Å². The number of fused-ring (bicyclic) bond motifs is 4. The molecule has 1 aromatic carbocycles. The molecule has 2 fully saturated rings. The number of hydrogen-bond donors (Lipinski definition) is 1. The number of nitrogens with zero attached hydrogens (tertiary/aromatic N) is 1. The number of ether oxygens (including phenoxy) is 2. The second kappa shape index (κ2) is 5.99. The zero-order chi connectivity index (χ0) is 17.8. The van der Waals surface area contributed by atoms with E-state index in [9.17, 15) is 4.79 Å². The van der Waals surface area contributed by atoms with Crippen molar-refractivity contribution in [2.45, 2.75) is 51.4 Å². The van der Waals surface area contributed by atoms with E-state index in [0.29, 0.717) is 5.92 Å². The van der Waals surface area contributed by atoms with Crippen molar-refractivity contribution in [2.75, 3.05) is 19.6 Å². The van der Waals surface area contributed by atoms with Gasteiger partial charge in [-0.05, 0) is 51.2 Å². The number of aryl methyl sites for hydroxylation is 1. The van der Waals surface area contributed by atoms with Crippen LogP contribution in [-0.4, -0.2) is 47.3 Å². The highest BCUT2D eigenvalue weighted by atomic mass is 16.5. The predicted molar refractivity (Wildman–Crippen MR) is 93.8 cm³/mol. The Hall–Kier alpha value is -1.59. The number of aliphatic carboxylic acids is 1. The molecule has 5 nitrogen and oxygen atoms in total. The first-order chi connectivity index (χ1) is 11.8. The van der Waals surface area contributed by atoms with Crippen LogP contribution in [0.4, 0.5) is 0 Å². The van der Waals surface area contributed by atoms with Crippen molar-refractivity contribution < 1.29 is 19.4 Å². The average molecular weight is 345 g/mol. The van der Waals surface area contributed by atoms with E-state index in [2.05, 4.69) is 39.0 Å². The Bertz CT molecular complexity index is 686. The molecule has 2 saturated heterocycles. The molecule has 3 aliphatic heterocycles. The summed E-state index contributed by atoms with van der Waals surface area (Å²) >= 11 is 0. The molecule has 0 amide bonds. The van der Waals surface area contributed by atoms with Crippen LogP contribution in [0.2, 0.25) is 0 Å². The van der Waals surface area contributed by atoms with Gasteiger partial charge in [0.2, 0.25) is 0 Å². The fourth-order valence-corrected chi connectivity index (χ4v) is 4.82. The van der Waals surface area contributed by atoms with E-state index >= 15 is 0 Å². The van der Waals surface area contributed by atoms with E-state index in [4.69, 9.17) is 14.6 Å². The molecular weight excluding hydrogens is 318 g/mol. The minimum Gasteiger partial charge on any atom is -0.487 e. The maximum Gasteiger partial charge on any atom is 0.317 e. The van der Waals surface area contributed by atoms with Crippen LogP contribution < -0.4 is 4.74 Å². The first kappa shape index (κ1) is 16.9. The summed E-state index contributed by atoms with van der Waals surface area (Å²) in [6.45, 7) is 8.11. The second-order valence-electron chi connectivity index (χ2n) is 8.36. The van der Waals surface area contributed by atoms with Crippen molar-refractivity contribution in [1.82, 2.24) is 4.90 Å². The van der Waals surface area contributed by atoms with Crippen molar-refractivity contribution in [2.24, 2.45) is 11.8 Å². The monoisotopic (exact) mass is 345 g/mol. The molecule has 0 aliphatic carbocycles. The zero-order valence-corrected chi connectivity index (χ0v) is 15.2. The van der Waals surface area contributed by atoms with Crippen LogP contribution in [0.15, 0.2) is 18.2 Å². The lowest BCUT2D eigenvalue weighted by Crippen LogP contribution is -2.55. The summed E-state index contributed by atoms with van der Waals surface area (Å²) < 4.78 is 12.9. The Labute approximate surface area is 148 Å². The summed E-state index contributed by atoms with van der Waals surface area (Å²) in [4.78, 5) is 13.1. The minimum absolute atomic E-state index is 0.0756. The summed E-state index contributed by atoms with van der Waals surface area (Å²) in [5.41, 5.74) is 2.08. The molecule has 4 rings (SSSR count). The van der Waals surface area contributed by atoms with Crippen LogP contribution in [-0.2, 0) is 9.53 Å². The van der Waals surface area contributed by atoms with Crippen LogP contribution in [0.25, 0.3) is 0 Å². The van der Waals surface area contributed by atoms with Crippen molar-refractivity contribution in [3.05, 3.63) is 29.3 Å². The Morgan fingerprint density at radius 2 is 2.20 bits per heavy atom. The number of carboxylic acids is 1. The molecule has 0 radical (unpaired) electrons. The van der Waals surface area contributed by atoms with E-state index in [0.717, 1.165) is 31.7 Å². The van der Waals surface area contributed by atoms with Crippen molar-refractivity contribution in [1.29, 1.82) is 0 Å². The van der Waals surface area contributed by atoms with Gasteiger partial charge in [0, 0.05) is 24.6 Å². The molecule has 0 spiro atoms. The smallest absolute Gasteiger partial charge is 0.317 e. The van der Waals surface area contributed by atoms with Gasteiger partial charge in [-0.15, -0.1) is 0 Å². The van der Waals surface area contributed by atoms with E-state index in [1.54, 1.807) is 0 Å². The first-order valence-electron chi connectivity index (χ1n) is 9.22. The van der Waals surface area contributed by atoms with Crippen LogP contribution in [0, 0.1) is 18.8 Å². The molecule has 136 valence electrons. The molecule has 0 saturated carbocycles. The largest absolute Gasteiger partial charge is 0.487 e. The number of benzene rings is 1.